The summed E-state index contributed by atoms with van der Waals surface area (Å²) < 4.78 is 21.7. The van der Waals surface area contributed by atoms with Crippen molar-refractivity contribution in [3.8, 4) is 11.5 Å². The van der Waals surface area contributed by atoms with Crippen molar-refractivity contribution in [3.63, 3.8) is 0 Å². The molecule has 0 aromatic heterocycles. The second-order valence-corrected chi connectivity index (χ2v) is 9.12. The van der Waals surface area contributed by atoms with Crippen molar-refractivity contribution in [1.82, 2.24) is 0 Å². The first-order chi connectivity index (χ1) is 15.1. The summed E-state index contributed by atoms with van der Waals surface area (Å²) in [5, 5.41) is 21.4. The molecule has 0 bridgehead atoms. The number of ether oxygens (including phenoxy) is 4. The normalized spacial score (nSPS) is 12.0. The lowest BCUT2D eigenvalue weighted by Gasteiger charge is -2.29. The molecule has 0 fully saturated rings. The average molecular weight is 447 g/mol. The van der Waals surface area contributed by atoms with Gasteiger partial charge >= 0.3 is 0 Å². The predicted octanol–water partition coefficient (Wildman–Crippen LogP) is 5.04. The first kappa shape index (κ1) is 26.1. The summed E-state index contributed by atoms with van der Waals surface area (Å²) in [5.74, 6) is 0.813. The van der Waals surface area contributed by atoms with Crippen LogP contribution in [0.3, 0.4) is 0 Å². The highest BCUT2D eigenvalue weighted by Crippen LogP contribution is 2.39. The molecular formula is C26H38O6. The van der Waals surface area contributed by atoms with E-state index in [0.717, 1.165) is 16.7 Å². The van der Waals surface area contributed by atoms with Crippen molar-refractivity contribution < 1.29 is 29.2 Å². The molecule has 0 aliphatic heterocycles. The Morgan fingerprint density at radius 1 is 0.688 bits per heavy atom. The Bertz CT molecular complexity index is 861. The van der Waals surface area contributed by atoms with Crippen LogP contribution in [0.4, 0.5) is 0 Å². The zero-order chi connectivity index (χ0) is 23.9. The molecule has 2 aromatic carbocycles. The standard InChI is InChI=1S/C26H38O6/c1-17(2)12-32-16-21-11-23(10-20(15-31-7)25(21)28)26(3,4)22-8-18(13-29-5)24(27)19(9-22)14-30-6/h8-11,17,27-28H,12-16H2,1-7H3. The zero-order valence-electron chi connectivity index (χ0n) is 20.4. The van der Waals surface area contributed by atoms with E-state index in [1.54, 1.807) is 21.3 Å². The van der Waals surface area contributed by atoms with Gasteiger partial charge in [-0.25, -0.2) is 0 Å². The van der Waals surface area contributed by atoms with E-state index in [1.165, 1.54) is 0 Å². The molecule has 0 aliphatic rings. The molecule has 178 valence electrons. The fourth-order valence-corrected chi connectivity index (χ4v) is 3.72. The molecule has 32 heavy (non-hydrogen) atoms. The van der Waals surface area contributed by atoms with Crippen molar-refractivity contribution in [2.75, 3.05) is 27.9 Å². The molecule has 0 saturated carbocycles. The summed E-state index contributed by atoms with van der Waals surface area (Å²) in [5.41, 5.74) is 4.47. The number of phenolic OH excluding ortho intramolecular Hbond substituents is 2. The third kappa shape index (κ3) is 6.23. The van der Waals surface area contributed by atoms with E-state index < -0.39 is 5.41 Å². The molecule has 0 spiro atoms. The van der Waals surface area contributed by atoms with E-state index >= 15 is 0 Å². The van der Waals surface area contributed by atoms with Gasteiger partial charge in [0.2, 0.25) is 0 Å². The smallest absolute Gasteiger partial charge is 0.126 e. The quantitative estimate of drug-likeness (QED) is 0.476. The number of hydrogen-bond acceptors (Lipinski definition) is 6. The van der Waals surface area contributed by atoms with Crippen molar-refractivity contribution in [1.29, 1.82) is 0 Å². The van der Waals surface area contributed by atoms with Gasteiger partial charge in [0.25, 0.3) is 0 Å². The van der Waals surface area contributed by atoms with Gasteiger partial charge in [0, 0.05) is 55.6 Å². The monoisotopic (exact) mass is 446 g/mol. The van der Waals surface area contributed by atoms with Crippen LogP contribution in [0.25, 0.3) is 0 Å². The minimum absolute atomic E-state index is 0.196. The highest BCUT2D eigenvalue weighted by molar-refractivity contribution is 5.52. The summed E-state index contributed by atoms with van der Waals surface area (Å²) >= 11 is 0. The molecule has 6 heteroatoms. The number of phenols is 2. The van der Waals surface area contributed by atoms with Crippen molar-refractivity contribution in [2.45, 2.75) is 59.5 Å². The average Bonchev–Trinajstić information content (AvgIpc) is 2.73. The van der Waals surface area contributed by atoms with Gasteiger partial charge in [0.15, 0.2) is 0 Å². The van der Waals surface area contributed by atoms with Gasteiger partial charge < -0.3 is 29.2 Å². The van der Waals surface area contributed by atoms with Crippen LogP contribution in [-0.2, 0) is 50.8 Å². The maximum Gasteiger partial charge on any atom is 0.126 e. The van der Waals surface area contributed by atoms with Crippen LogP contribution < -0.4 is 0 Å². The third-order valence-corrected chi connectivity index (χ3v) is 5.59. The molecule has 2 N–H and O–H groups in total. The summed E-state index contributed by atoms with van der Waals surface area (Å²) in [6.07, 6.45) is 0. The first-order valence-corrected chi connectivity index (χ1v) is 10.9. The van der Waals surface area contributed by atoms with Gasteiger partial charge in [0.1, 0.15) is 11.5 Å². The second-order valence-electron chi connectivity index (χ2n) is 9.12. The van der Waals surface area contributed by atoms with Crippen LogP contribution in [-0.4, -0.2) is 38.1 Å². The third-order valence-electron chi connectivity index (χ3n) is 5.59. The van der Waals surface area contributed by atoms with Crippen molar-refractivity contribution in [2.24, 2.45) is 5.92 Å². The lowest BCUT2D eigenvalue weighted by atomic mass is 9.76. The van der Waals surface area contributed by atoms with E-state index in [9.17, 15) is 10.2 Å². The predicted molar refractivity (Wildman–Crippen MR) is 125 cm³/mol. The highest BCUT2D eigenvalue weighted by Gasteiger charge is 2.28. The largest absolute Gasteiger partial charge is 0.507 e. The second kappa shape index (κ2) is 11.7. The SMILES string of the molecule is COCc1cc(C(C)(C)c2cc(COC)c(O)c(COCC(C)C)c2)cc(COC)c1O. The molecule has 0 aliphatic carbocycles. The van der Waals surface area contributed by atoms with Gasteiger partial charge in [-0.15, -0.1) is 0 Å². The Hall–Kier alpha value is -2.12. The van der Waals surface area contributed by atoms with Crippen molar-refractivity contribution >= 4 is 0 Å². The summed E-state index contributed by atoms with van der Waals surface area (Å²) in [7, 11) is 4.82. The molecule has 0 radical (unpaired) electrons. The maximum absolute atomic E-state index is 10.8. The molecule has 0 amide bonds. The van der Waals surface area contributed by atoms with E-state index in [1.807, 2.05) is 24.3 Å². The Labute approximate surface area is 192 Å². The van der Waals surface area contributed by atoms with E-state index in [-0.39, 0.29) is 11.5 Å². The number of hydrogen-bond donors (Lipinski definition) is 2. The number of methoxy groups -OCH3 is 3. The van der Waals surface area contributed by atoms with Crippen LogP contribution in [0.1, 0.15) is 61.1 Å². The van der Waals surface area contributed by atoms with Crippen molar-refractivity contribution in [3.05, 3.63) is 57.6 Å². The Balaban J connectivity index is 2.57. The van der Waals surface area contributed by atoms with Gasteiger partial charge in [-0.05, 0) is 41.3 Å². The molecule has 6 nitrogen and oxygen atoms in total. The van der Waals surface area contributed by atoms with Gasteiger partial charge in [-0.1, -0.05) is 27.7 Å². The molecule has 0 atom stereocenters. The number of aromatic hydroxyl groups is 2. The molecule has 0 unspecified atom stereocenters. The highest BCUT2D eigenvalue weighted by atomic mass is 16.5. The van der Waals surface area contributed by atoms with E-state index in [2.05, 4.69) is 27.7 Å². The molecule has 0 heterocycles. The molecule has 2 rings (SSSR count). The lowest BCUT2D eigenvalue weighted by molar-refractivity contribution is 0.0951. The maximum atomic E-state index is 10.8. The fourth-order valence-electron chi connectivity index (χ4n) is 3.72. The van der Waals surface area contributed by atoms with Gasteiger partial charge in [-0.3, -0.25) is 0 Å². The molecular weight excluding hydrogens is 408 g/mol. The topological polar surface area (TPSA) is 77.4 Å². The van der Waals surface area contributed by atoms with E-state index in [4.69, 9.17) is 18.9 Å². The summed E-state index contributed by atoms with van der Waals surface area (Å²) in [4.78, 5) is 0. The Morgan fingerprint density at radius 3 is 1.34 bits per heavy atom. The van der Waals surface area contributed by atoms with Gasteiger partial charge in [-0.2, -0.15) is 0 Å². The molecule has 0 saturated heterocycles. The minimum atomic E-state index is -0.429. The Kier molecular flexibility index (Phi) is 9.52. The van der Waals surface area contributed by atoms with Crippen LogP contribution in [0.2, 0.25) is 0 Å². The summed E-state index contributed by atoms with van der Waals surface area (Å²) in [6, 6.07) is 7.91. The zero-order valence-corrected chi connectivity index (χ0v) is 20.4. The number of rotatable bonds is 12. The minimum Gasteiger partial charge on any atom is -0.507 e. The van der Waals surface area contributed by atoms with E-state index in [0.29, 0.717) is 55.6 Å². The summed E-state index contributed by atoms with van der Waals surface area (Å²) in [6.45, 7) is 10.3. The molecule has 2 aromatic rings. The number of benzene rings is 2. The van der Waals surface area contributed by atoms with Crippen LogP contribution in [0.5, 0.6) is 11.5 Å². The fraction of sp³-hybridized carbons (Fsp3) is 0.538. The van der Waals surface area contributed by atoms with Crippen LogP contribution in [0, 0.1) is 5.92 Å². The van der Waals surface area contributed by atoms with Gasteiger partial charge in [0.05, 0.1) is 26.4 Å². The van der Waals surface area contributed by atoms with Crippen LogP contribution >= 0.6 is 0 Å². The Morgan fingerprint density at radius 2 is 1.03 bits per heavy atom. The first-order valence-electron chi connectivity index (χ1n) is 10.9. The lowest BCUT2D eigenvalue weighted by Crippen LogP contribution is -2.21. The van der Waals surface area contributed by atoms with Crippen LogP contribution in [0.15, 0.2) is 24.3 Å².